The molecular formula is C19H21FN2O3S. The van der Waals surface area contributed by atoms with Crippen molar-refractivity contribution < 1.29 is 17.6 Å². The molecule has 3 rings (SSSR count). The lowest BCUT2D eigenvalue weighted by atomic mass is 10.0. The fraction of sp³-hybridized carbons (Fsp3) is 0.316. The third kappa shape index (κ3) is 3.78. The minimum Gasteiger partial charge on any atom is -0.329 e. The molecule has 0 aromatic heterocycles. The minimum absolute atomic E-state index is 0.115. The van der Waals surface area contributed by atoms with Crippen molar-refractivity contribution in [2.75, 3.05) is 25.9 Å². The average molecular weight is 376 g/mol. The van der Waals surface area contributed by atoms with E-state index in [9.17, 15) is 17.6 Å². The Morgan fingerprint density at radius 1 is 1.23 bits per heavy atom. The van der Waals surface area contributed by atoms with Gasteiger partial charge in [0, 0.05) is 31.5 Å². The molecule has 1 atom stereocenters. The highest BCUT2D eigenvalue weighted by Crippen LogP contribution is 2.26. The second-order valence-corrected chi connectivity index (χ2v) is 8.54. The zero-order valence-electron chi connectivity index (χ0n) is 14.7. The van der Waals surface area contributed by atoms with Gasteiger partial charge >= 0.3 is 0 Å². The van der Waals surface area contributed by atoms with E-state index in [1.807, 2.05) is 0 Å². The van der Waals surface area contributed by atoms with Gasteiger partial charge in [0.05, 0.1) is 10.9 Å². The first-order valence-electron chi connectivity index (χ1n) is 8.35. The molecule has 0 radical (unpaired) electrons. The predicted octanol–water partition coefficient (Wildman–Crippen LogP) is 2.32. The fourth-order valence-corrected chi connectivity index (χ4v) is 3.82. The molecule has 0 bridgehead atoms. The van der Waals surface area contributed by atoms with Crippen molar-refractivity contribution >= 4 is 15.7 Å². The van der Waals surface area contributed by atoms with Crippen molar-refractivity contribution in [3.63, 3.8) is 0 Å². The maximum atomic E-state index is 13.6. The summed E-state index contributed by atoms with van der Waals surface area (Å²) in [6, 6.07) is 10.5. The van der Waals surface area contributed by atoms with Crippen molar-refractivity contribution in [1.82, 2.24) is 10.2 Å². The molecule has 5 nitrogen and oxygen atoms in total. The summed E-state index contributed by atoms with van der Waals surface area (Å²) in [7, 11) is -3.41. The Hall–Kier alpha value is -2.25. The molecule has 0 saturated carbocycles. The number of carbonyl (C=O) groups excluding carboxylic acids is 1. The number of benzene rings is 2. The van der Waals surface area contributed by atoms with Crippen LogP contribution in [0.25, 0.3) is 0 Å². The Morgan fingerprint density at radius 3 is 2.69 bits per heavy atom. The third-order valence-electron chi connectivity index (χ3n) is 4.61. The molecule has 1 unspecified atom stereocenters. The molecule has 1 N–H and O–H groups in total. The van der Waals surface area contributed by atoms with E-state index in [0.717, 1.165) is 6.26 Å². The van der Waals surface area contributed by atoms with Gasteiger partial charge in [0.15, 0.2) is 9.84 Å². The summed E-state index contributed by atoms with van der Waals surface area (Å²) in [6.45, 7) is 3.38. The summed E-state index contributed by atoms with van der Waals surface area (Å²) >= 11 is 0. The second-order valence-electron chi connectivity index (χ2n) is 6.52. The number of aryl methyl sites for hydroxylation is 1. The van der Waals surface area contributed by atoms with Crippen molar-refractivity contribution in [3.8, 4) is 0 Å². The summed E-state index contributed by atoms with van der Waals surface area (Å²) in [5.41, 5.74) is 1.78. The maximum Gasteiger partial charge on any atom is 0.254 e. The molecule has 138 valence electrons. The van der Waals surface area contributed by atoms with E-state index in [4.69, 9.17) is 0 Å². The molecule has 1 heterocycles. The van der Waals surface area contributed by atoms with E-state index >= 15 is 0 Å². The lowest BCUT2D eigenvalue weighted by molar-refractivity contribution is 0.0633. The van der Waals surface area contributed by atoms with Gasteiger partial charge in [-0.15, -0.1) is 0 Å². The Kier molecular flexibility index (Phi) is 5.11. The predicted molar refractivity (Wildman–Crippen MR) is 97.3 cm³/mol. The van der Waals surface area contributed by atoms with Crippen molar-refractivity contribution in [2.24, 2.45) is 0 Å². The van der Waals surface area contributed by atoms with E-state index in [1.165, 1.54) is 24.3 Å². The largest absolute Gasteiger partial charge is 0.329 e. The van der Waals surface area contributed by atoms with Gasteiger partial charge in [-0.05, 0) is 42.3 Å². The minimum atomic E-state index is -3.41. The summed E-state index contributed by atoms with van der Waals surface area (Å²) in [5, 5.41) is 3.23. The molecular weight excluding hydrogens is 355 g/mol. The van der Waals surface area contributed by atoms with Crippen LogP contribution in [-0.2, 0) is 9.84 Å². The summed E-state index contributed by atoms with van der Waals surface area (Å²) in [4.78, 5) is 15.0. The van der Waals surface area contributed by atoms with Crippen LogP contribution in [0.2, 0.25) is 0 Å². The van der Waals surface area contributed by atoms with E-state index < -0.39 is 9.84 Å². The average Bonchev–Trinajstić information content (AvgIpc) is 2.60. The van der Waals surface area contributed by atoms with E-state index in [1.54, 1.807) is 30.0 Å². The highest BCUT2D eigenvalue weighted by Gasteiger charge is 2.30. The maximum absolute atomic E-state index is 13.6. The molecule has 1 saturated heterocycles. The number of nitrogens with one attached hydrogen (secondary N) is 1. The van der Waals surface area contributed by atoms with Crippen molar-refractivity contribution in [1.29, 1.82) is 0 Å². The van der Waals surface area contributed by atoms with Gasteiger partial charge in [-0.1, -0.05) is 18.2 Å². The molecule has 26 heavy (non-hydrogen) atoms. The number of halogens is 1. The van der Waals surface area contributed by atoms with Crippen LogP contribution < -0.4 is 5.32 Å². The molecule has 1 fully saturated rings. The lowest BCUT2D eigenvalue weighted by Crippen LogP contribution is -2.48. The highest BCUT2D eigenvalue weighted by molar-refractivity contribution is 7.90. The fourth-order valence-electron chi connectivity index (χ4n) is 3.18. The van der Waals surface area contributed by atoms with Gasteiger partial charge in [0.2, 0.25) is 0 Å². The Bertz CT molecular complexity index is 944. The number of carbonyl (C=O) groups is 1. The Morgan fingerprint density at radius 2 is 2.00 bits per heavy atom. The van der Waals surface area contributed by atoms with E-state index in [0.29, 0.717) is 36.3 Å². The molecule has 2 aromatic rings. The van der Waals surface area contributed by atoms with Crippen LogP contribution in [0.5, 0.6) is 0 Å². The van der Waals surface area contributed by atoms with Gasteiger partial charge < -0.3 is 10.2 Å². The van der Waals surface area contributed by atoms with Crippen LogP contribution in [-0.4, -0.2) is 45.1 Å². The topological polar surface area (TPSA) is 66.5 Å². The molecule has 1 aliphatic heterocycles. The first-order chi connectivity index (χ1) is 12.3. The van der Waals surface area contributed by atoms with Crippen molar-refractivity contribution in [2.45, 2.75) is 17.9 Å². The number of rotatable bonds is 3. The molecule has 7 heteroatoms. The van der Waals surface area contributed by atoms with Crippen LogP contribution in [0.4, 0.5) is 4.39 Å². The van der Waals surface area contributed by atoms with Crippen LogP contribution in [0.15, 0.2) is 47.4 Å². The quantitative estimate of drug-likeness (QED) is 0.893. The normalized spacial score (nSPS) is 18.0. The Balaban J connectivity index is 1.99. The Labute approximate surface area is 152 Å². The van der Waals surface area contributed by atoms with Gasteiger partial charge in [-0.25, -0.2) is 12.8 Å². The van der Waals surface area contributed by atoms with E-state index in [2.05, 4.69) is 5.32 Å². The molecule has 0 spiro atoms. The summed E-state index contributed by atoms with van der Waals surface area (Å²) in [6.07, 6.45) is 1.12. The number of amides is 1. The summed E-state index contributed by atoms with van der Waals surface area (Å²) < 4.78 is 37.3. The SMILES string of the molecule is Cc1ccc(S(C)(=O)=O)cc1C(=O)N1CCNCC1c1cccc(F)c1. The number of hydrogen-bond donors (Lipinski definition) is 1. The van der Waals surface area contributed by atoms with Gasteiger partial charge in [-0.3, -0.25) is 4.79 Å². The van der Waals surface area contributed by atoms with Gasteiger partial charge in [-0.2, -0.15) is 0 Å². The monoisotopic (exact) mass is 376 g/mol. The number of piperazine rings is 1. The first kappa shape index (κ1) is 18.5. The smallest absolute Gasteiger partial charge is 0.254 e. The number of sulfone groups is 1. The second kappa shape index (κ2) is 7.17. The third-order valence-corrected chi connectivity index (χ3v) is 5.72. The molecule has 0 aliphatic carbocycles. The number of nitrogens with zero attached hydrogens (tertiary/aromatic N) is 1. The number of hydrogen-bond acceptors (Lipinski definition) is 4. The van der Waals surface area contributed by atoms with Crippen LogP contribution in [0.3, 0.4) is 0 Å². The standard InChI is InChI=1S/C19H21FN2O3S/c1-13-6-7-16(26(2,24)25)11-17(13)19(23)22-9-8-21-12-18(22)14-4-3-5-15(20)10-14/h3-7,10-11,18,21H,8-9,12H2,1-2H3. The summed E-state index contributed by atoms with van der Waals surface area (Å²) in [5.74, 6) is -0.598. The molecule has 2 aromatic carbocycles. The van der Waals surface area contributed by atoms with Gasteiger partial charge in [0.1, 0.15) is 5.82 Å². The molecule has 1 aliphatic rings. The molecule has 1 amide bonds. The van der Waals surface area contributed by atoms with Gasteiger partial charge in [0.25, 0.3) is 5.91 Å². The van der Waals surface area contributed by atoms with Crippen LogP contribution >= 0.6 is 0 Å². The first-order valence-corrected chi connectivity index (χ1v) is 10.2. The zero-order chi connectivity index (χ0) is 18.9. The van der Waals surface area contributed by atoms with Crippen LogP contribution in [0, 0.1) is 12.7 Å². The van der Waals surface area contributed by atoms with Crippen LogP contribution in [0.1, 0.15) is 27.5 Å². The zero-order valence-corrected chi connectivity index (χ0v) is 15.5. The van der Waals surface area contributed by atoms with Crippen molar-refractivity contribution in [3.05, 3.63) is 65.0 Å². The lowest BCUT2D eigenvalue weighted by Gasteiger charge is -2.37. The highest BCUT2D eigenvalue weighted by atomic mass is 32.2. The van der Waals surface area contributed by atoms with E-state index in [-0.39, 0.29) is 22.7 Å².